The van der Waals surface area contributed by atoms with Crippen molar-refractivity contribution in [2.24, 2.45) is 0 Å². The summed E-state index contributed by atoms with van der Waals surface area (Å²) in [6.45, 7) is 4.90. The monoisotopic (exact) mass is 459 g/mol. The van der Waals surface area contributed by atoms with Crippen LogP contribution in [0.15, 0.2) is 24.4 Å². The van der Waals surface area contributed by atoms with E-state index in [1.807, 2.05) is 33.7 Å². The predicted molar refractivity (Wildman–Crippen MR) is 123 cm³/mol. The number of imidazole rings is 1. The molecule has 3 aliphatic rings. The molecule has 174 valence electrons. The summed E-state index contributed by atoms with van der Waals surface area (Å²) < 4.78 is 27.7. The van der Waals surface area contributed by atoms with Gasteiger partial charge in [-0.2, -0.15) is 0 Å². The first-order chi connectivity index (χ1) is 15.4. The number of likely N-dealkylation sites (tertiary alicyclic amines) is 2. The number of nitrogens with zero attached hydrogens (tertiary/aromatic N) is 5. The molecule has 3 saturated heterocycles. The van der Waals surface area contributed by atoms with Crippen molar-refractivity contribution in [3.8, 4) is 0 Å². The van der Waals surface area contributed by atoms with Crippen LogP contribution < -0.4 is 0 Å². The van der Waals surface area contributed by atoms with E-state index in [2.05, 4.69) is 4.90 Å². The summed E-state index contributed by atoms with van der Waals surface area (Å²) in [4.78, 5) is 22.9. The number of aromatic nitrogens is 2. The van der Waals surface area contributed by atoms with Crippen LogP contribution in [0.4, 0.5) is 0 Å². The first-order valence-corrected chi connectivity index (χ1v) is 13.7. The van der Waals surface area contributed by atoms with Gasteiger partial charge in [-0.25, -0.2) is 17.7 Å². The van der Waals surface area contributed by atoms with E-state index in [-0.39, 0.29) is 11.8 Å². The van der Waals surface area contributed by atoms with E-state index in [9.17, 15) is 13.2 Å². The summed E-state index contributed by atoms with van der Waals surface area (Å²) in [6, 6.07) is 6.41. The van der Waals surface area contributed by atoms with Crippen LogP contribution in [0, 0.1) is 0 Å². The van der Waals surface area contributed by atoms with E-state index in [0.29, 0.717) is 24.8 Å². The molecule has 9 heteroatoms. The Bertz CT molecular complexity index is 1080. The molecule has 5 heterocycles. The maximum absolute atomic E-state index is 13.5. The van der Waals surface area contributed by atoms with Crippen molar-refractivity contribution < 1.29 is 13.2 Å². The molecule has 2 aromatic heterocycles. The first-order valence-electron chi connectivity index (χ1n) is 11.9. The number of hydrogen-bond donors (Lipinski definition) is 0. The second-order valence-electron chi connectivity index (χ2n) is 9.50. The number of sulfonamides is 1. The van der Waals surface area contributed by atoms with Crippen molar-refractivity contribution in [1.82, 2.24) is 23.5 Å². The molecule has 8 nitrogen and oxygen atoms in total. The number of fused-ring (bicyclic) bond motifs is 1. The number of hydrogen-bond acceptors (Lipinski definition) is 5. The Hall–Kier alpha value is -1.97. The third kappa shape index (κ3) is 4.18. The maximum Gasteiger partial charge on any atom is 0.274 e. The van der Waals surface area contributed by atoms with E-state index in [4.69, 9.17) is 4.98 Å². The zero-order valence-corrected chi connectivity index (χ0v) is 19.6. The SMILES string of the molecule is CS(=O)(=O)N1CCC[C@@H](c2nc(C(=O)N3CCC(N4CCCC4)CC3)c3ccccn23)C1. The molecular formula is C23H33N5O3S. The van der Waals surface area contributed by atoms with Crippen molar-refractivity contribution in [3.63, 3.8) is 0 Å². The maximum atomic E-state index is 13.5. The van der Waals surface area contributed by atoms with Crippen LogP contribution in [0.25, 0.3) is 5.52 Å². The van der Waals surface area contributed by atoms with Crippen molar-refractivity contribution in [1.29, 1.82) is 0 Å². The number of carbonyl (C=O) groups is 1. The van der Waals surface area contributed by atoms with E-state index >= 15 is 0 Å². The smallest absolute Gasteiger partial charge is 0.274 e. The molecule has 1 atom stereocenters. The predicted octanol–water partition coefficient (Wildman–Crippen LogP) is 2.17. The van der Waals surface area contributed by atoms with Gasteiger partial charge in [-0.05, 0) is 63.7 Å². The van der Waals surface area contributed by atoms with E-state index in [1.54, 1.807) is 0 Å². The third-order valence-electron chi connectivity index (χ3n) is 7.41. The Morgan fingerprint density at radius 1 is 1.00 bits per heavy atom. The number of rotatable bonds is 4. The second-order valence-corrected chi connectivity index (χ2v) is 11.5. The molecule has 2 aromatic rings. The minimum Gasteiger partial charge on any atom is -0.337 e. The van der Waals surface area contributed by atoms with Crippen molar-refractivity contribution in [2.75, 3.05) is 45.5 Å². The van der Waals surface area contributed by atoms with Crippen LogP contribution in [-0.4, -0.2) is 89.4 Å². The molecule has 0 radical (unpaired) electrons. The quantitative estimate of drug-likeness (QED) is 0.700. The van der Waals surface area contributed by atoms with E-state index in [1.165, 1.54) is 36.5 Å². The highest BCUT2D eigenvalue weighted by atomic mass is 32.2. The molecule has 0 spiro atoms. The lowest BCUT2D eigenvalue weighted by Crippen LogP contribution is -2.46. The second kappa shape index (κ2) is 8.76. The zero-order chi connectivity index (χ0) is 22.3. The van der Waals surface area contributed by atoms with Gasteiger partial charge in [0.25, 0.3) is 5.91 Å². The van der Waals surface area contributed by atoms with Gasteiger partial charge in [-0.15, -0.1) is 0 Å². The highest BCUT2D eigenvalue weighted by molar-refractivity contribution is 7.88. The number of piperidine rings is 2. The molecule has 5 rings (SSSR count). The van der Waals surface area contributed by atoms with Gasteiger partial charge in [0.1, 0.15) is 5.82 Å². The molecule has 32 heavy (non-hydrogen) atoms. The lowest BCUT2D eigenvalue weighted by atomic mass is 9.99. The molecule has 0 saturated carbocycles. The summed E-state index contributed by atoms with van der Waals surface area (Å²) in [6.07, 6.45) is 9.50. The Labute approximate surface area is 190 Å². The van der Waals surface area contributed by atoms with Crippen LogP contribution in [0.3, 0.4) is 0 Å². The van der Waals surface area contributed by atoms with Gasteiger partial charge in [0.05, 0.1) is 11.8 Å². The number of pyridine rings is 1. The highest BCUT2D eigenvalue weighted by Crippen LogP contribution is 2.30. The Morgan fingerprint density at radius 3 is 2.47 bits per heavy atom. The normalized spacial score (nSPS) is 24.4. The van der Waals surface area contributed by atoms with Gasteiger partial charge in [-0.1, -0.05) is 6.07 Å². The summed E-state index contributed by atoms with van der Waals surface area (Å²) in [5.41, 5.74) is 1.31. The Balaban J connectivity index is 1.37. The van der Waals surface area contributed by atoms with Gasteiger partial charge in [0.15, 0.2) is 5.69 Å². The Kier molecular flexibility index (Phi) is 5.98. The lowest BCUT2D eigenvalue weighted by molar-refractivity contribution is 0.0641. The van der Waals surface area contributed by atoms with Gasteiger partial charge in [0.2, 0.25) is 10.0 Å². The van der Waals surface area contributed by atoms with Crippen LogP contribution in [0.5, 0.6) is 0 Å². The van der Waals surface area contributed by atoms with Gasteiger partial charge in [0, 0.05) is 44.3 Å². The third-order valence-corrected chi connectivity index (χ3v) is 8.67. The van der Waals surface area contributed by atoms with E-state index < -0.39 is 10.0 Å². The minimum atomic E-state index is -3.24. The first kappa shape index (κ1) is 21.9. The fourth-order valence-electron chi connectivity index (χ4n) is 5.65. The lowest BCUT2D eigenvalue weighted by Gasteiger charge is -2.36. The molecule has 0 bridgehead atoms. The number of carbonyl (C=O) groups excluding carboxylic acids is 1. The van der Waals surface area contributed by atoms with Gasteiger partial charge in [-0.3, -0.25) is 4.79 Å². The molecule has 1 amide bonds. The molecule has 0 N–H and O–H groups in total. The number of amides is 1. The fourth-order valence-corrected chi connectivity index (χ4v) is 6.56. The average Bonchev–Trinajstić information content (AvgIpc) is 3.47. The highest BCUT2D eigenvalue weighted by Gasteiger charge is 2.33. The standard InChI is InChI=1S/C23H33N5O3S/c1-32(30,31)27-13-6-7-18(17-27)22-24-21(20-8-2-3-14-28(20)22)23(29)26-15-9-19(10-16-26)25-11-4-5-12-25/h2-3,8,14,18-19H,4-7,9-13,15-17H2,1H3/t18-/m1/s1. The van der Waals surface area contributed by atoms with Crippen molar-refractivity contribution in [3.05, 3.63) is 35.9 Å². The molecule has 0 aliphatic carbocycles. The summed E-state index contributed by atoms with van der Waals surface area (Å²) in [5, 5.41) is 0. The van der Waals surface area contributed by atoms with Crippen molar-refractivity contribution >= 4 is 21.4 Å². The van der Waals surface area contributed by atoms with E-state index in [0.717, 1.165) is 50.1 Å². The van der Waals surface area contributed by atoms with Crippen LogP contribution in [0.2, 0.25) is 0 Å². The molecule has 3 aliphatic heterocycles. The van der Waals surface area contributed by atoms with Gasteiger partial charge < -0.3 is 14.2 Å². The molecule has 3 fully saturated rings. The van der Waals surface area contributed by atoms with Crippen LogP contribution in [0.1, 0.15) is 60.8 Å². The molecule has 0 unspecified atom stereocenters. The van der Waals surface area contributed by atoms with Crippen molar-refractivity contribution in [2.45, 2.75) is 50.5 Å². The average molecular weight is 460 g/mol. The zero-order valence-electron chi connectivity index (χ0n) is 18.8. The topological polar surface area (TPSA) is 78.2 Å². The van der Waals surface area contributed by atoms with Gasteiger partial charge >= 0.3 is 0 Å². The largest absolute Gasteiger partial charge is 0.337 e. The Morgan fingerprint density at radius 2 is 1.75 bits per heavy atom. The van der Waals surface area contributed by atoms with Crippen LogP contribution >= 0.6 is 0 Å². The summed E-state index contributed by atoms with van der Waals surface area (Å²) >= 11 is 0. The summed E-state index contributed by atoms with van der Waals surface area (Å²) in [7, 11) is -3.24. The van der Waals surface area contributed by atoms with Crippen LogP contribution in [-0.2, 0) is 10.0 Å². The fraction of sp³-hybridized carbons (Fsp3) is 0.652. The molecular weight excluding hydrogens is 426 g/mol. The summed E-state index contributed by atoms with van der Waals surface area (Å²) in [5.74, 6) is 0.774. The molecule has 0 aromatic carbocycles. The minimum absolute atomic E-state index is 0.00407.